The standard InChI is InChI=1S/C44H32Br2N4O4/c45-28-11-16-38(51)31(21-28)32-23-37-42(40(41(32)44(53)54)26-9-13-34-24(19-26)5-4-18-47-34)49-43(50(37)30-6-2-1-3-7-30)27-10-14-35-25(20-27)8-15-36(48-35)33-22-29(46)12-17-39(33)52/h4-5,8-23,30,51-52H,1-3,6-7H2,(H,53,54). The third kappa shape index (κ3) is 5.99. The van der Waals surface area contributed by atoms with Crippen molar-refractivity contribution in [1.29, 1.82) is 0 Å². The predicted octanol–water partition coefficient (Wildman–Crippen LogP) is 11.9. The summed E-state index contributed by atoms with van der Waals surface area (Å²) in [4.78, 5) is 28.3. The van der Waals surface area contributed by atoms with Gasteiger partial charge in [-0.2, -0.15) is 0 Å². The van der Waals surface area contributed by atoms with Crippen LogP contribution in [0.1, 0.15) is 48.5 Å². The number of carbonyl (C=O) groups is 1. The van der Waals surface area contributed by atoms with Gasteiger partial charge >= 0.3 is 5.97 Å². The monoisotopic (exact) mass is 838 g/mol. The number of fused-ring (bicyclic) bond motifs is 3. The average molecular weight is 841 g/mol. The number of hydrogen-bond acceptors (Lipinski definition) is 6. The largest absolute Gasteiger partial charge is 0.507 e. The Balaban J connectivity index is 1.34. The van der Waals surface area contributed by atoms with Crippen molar-refractivity contribution in [3.63, 3.8) is 0 Å². The van der Waals surface area contributed by atoms with Crippen molar-refractivity contribution in [2.45, 2.75) is 38.1 Å². The van der Waals surface area contributed by atoms with Gasteiger partial charge in [0.2, 0.25) is 0 Å². The van der Waals surface area contributed by atoms with Crippen molar-refractivity contribution in [3.05, 3.63) is 124 Å². The van der Waals surface area contributed by atoms with Gasteiger partial charge in [-0.25, -0.2) is 14.8 Å². The lowest BCUT2D eigenvalue weighted by atomic mass is 9.89. The van der Waals surface area contributed by atoms with Crippen LogP contribution in [0.25, 0.3) is 77.7 Å². The van der Waals surface area contributed by atoms with Crippen LogP contribution in [0, 0.1) is 0 Å². The number of benzene rings is 5. The maximum Gasteiger partial charge on any atom is 0.337 e. The first-order valence-electron chi connectivity index (χ1n) is 17.8. The van der Waals surface area contributed by atoms with Gasteiger partial charge in [0.15, 0.2) is 0 Å². The fourth-order valence-corrected chi connectivity index (χ4v) is 8.66. The first-order chi connectivity index (χ1) is 26.2. The fourth-order valence-electron chi connectivity index (χ4n) is 7.94. The first kappa shape index (κ1) is 34.2. The quantitative estimate of drug-likeness (QED) is 0.152. The summed E-state index contributed by atoms with van der Waals surface area (Å²) in [5.74, 6) is -0.249. The molecule has 0 radical (unpaired) electrons. The normalized spacial score (nSPS) is 13.6. The Kier molecular flexibility index (Phi) is 8.67. The van der Waals surface area contributed by atoms with Crippen molar-refractivity contribution < 1.29 is 20.1 Å². The number of hydrogen-bond donors (Lipinski definition) is 3. The van der Waals surface area contributed by atoms with Gasteiger partial charge in [-0.15, -0.1) is 0 Å². The molecule has 5 aromatic carbocycles. The van der Waals surface area contributed by atoms with E-state index in [2.05, 4.69) is 47.5 Å². The van der Waals surface area contributed by atoms with Gasteiger partial charge in [-0.1, -0.05) is 69.3 Å². The van der Waals surface area contributed by atoms with Crippen LogP contribution in [-0.4, -0.2) is 40.8 Å². The van der Waals surface area contributed by atoms with Gasteiger partial charge < -0.3 is 19.9 Å². The molecule has 10 heteroatoms. The highest BCUT2D eigenvalue weighted by Crippen LogP contribution is 2.46. The molecule has 1 aliphatic rings. The lowest BCUT2D eigenvalue weighted by Gasteiger charge is -2.26. The molecule has 54 heavy (non-hydrogen) atoms. The van der Waals surface area contributed by atoms with E-state index in [1.807, 2.05) is 66.7 Å². The minimum Gasteiger partial charge on any atom is -0.507 e. The topological polar surface area (TPSA) is 121 Å². The first-order valence-corrected chi connectivity index (χ1v) is 19.4. The summed E-state index contributed by atoms with van der Waals surface area (Å²) < 4.78 is 3.86. The molecular formula is C44H32Br2N4O4. The highest BCUT2D eigenvalue weighted by atomic mass is 79.9. The van der Waals surface area contributed by atoms with Crippen LogP contribution >= 0.6 is 31.9 Å². The van der Waals surface area contributed by atoms with Gasteiger partial charge in [-0.3, -0.25) is 4.98 Å². The fraction of sp³-hybridized carbons (Fsp3) is 0.136. The number of aromatic carboxylic acids is 1. The number of rotatable bonds is 6. The summed E-state index contributed by atoms with van der Waals surface area (Å²) in [5.41, 5.74) is 7.16. The number of imidazole rings is 1. The molecule has 8 aromatic rings. The third-order valence-electron chi connectivity index (χ3n) is 10.5. The lowest BCUT2D eigenvalue weighted by Crippen LogP contribution is -2.14. The highest BCUT2D eigenvalue weighted by Gasteiger charge is 2.30. The van der Waals surface area contributed by atoms with Crippen molar-refractivity contribution in [1.82, 2.24) is 19.5 Å². The maximum atomic E-state index is 13.5. The minimum atomic E-state index is -1.12. The van der Waals surface area contributed by atoms with E-state index in [0.717, 1.165) is 79.8 Å². The number of carboxylic acid groups (broad SMARTS) is 1. The van der Waals surface area contributed by atoms with Gasteiger partial charge in [-0.05, 0) is 103 Å². The summed E-state index contributed by atoms with van der Waals surface area (Å²) in [6.07, 6.45) is 6.97. The second-order valence-corrected chi connectivity index (χ2v) is 15.6. The van der Waals surface area contributed by atoms with E-state index < -0.39 is 5.97 Å². The molecule has 1 aliphatic carbocycles. The highest BCUT2D eigenvalue weighted by molar-refractivity contribution is 9.10. The zero-order valence-corrected chi connectivity index (χ0v) is 32.0. The number of phenols is 2. The summed E-state index contributed by atoms with van der Waals surface area (Å²) >= 11 is 7.05. The van der Waals surface area contributed by atoms with Crippen LogP contribution in [0.3, 0.4) is 0 Å². The molecule has 0 spiro atoms. The molecule has 1 fully saturated rings. The average Bonchev–Trinajstić information content (AvgIpc) is 3.58. The van der Waals surface area contributed by atoms with Gasteiger partial charge in [0.25, 0.3) is 0 Å². The molecule has 0 unspecified atom stereocenters. The second kappa shape index (κ2) is 13.7. The van der Waals surface area contributed by atoms with Crippen LogP contribution in [0.5, 0.6) is 11.5 Å². The van der Waals surface area contributed by atoms with Crippen LogP contribution in [0.4, 0.5) is 0 Å². The SMILES string of the molecule is O=C(O)c1c(-c2cc(Br)ccc2O)cc2c(nc(-c3ccc4nc(-c5cc(Br)ccc5O)ccc4c3)n2C2CCCCC2)c1-c1ccc2ncccc2c1. The van der Waals surface area contributed by atoms with Crippen molar-refractivity contribution in [2.75, 3.05) is 0 Å². The molecule has 1 saturated carbocycles. The molecule has 0 aliphatic heterocycles. The molecule has 0 bridgehead atoms. The number of nitrogens with zero attached hydrogens (tertiary/aromatic N) is 4. The van der Waals surface area contributed by atoms with Crippen molar-refractivity contribution in [3.8, 4) is 56.4 Å². The third-order valence-corrected chi connectivity index (χ3v) is 11.4. The van der Waals surface area contributed by atoms with E-state index in [4.69, 9.17) is 9.97 Å². The number of aromatic nitrogens is 4. The molecule has 3 aromatic heterocycles. The zero-order valence-electron chi connectivity index (χ0n) is 28.8. The van der Waals surface area contributed by atoms with Crippen molar-refractivity contribution >= 4 is 70.7 Å². The summed E-state index contributed by atoms with van der Waals surface area (Å²) in [6.45, 7) is 0. The Bertz CT molecular complexity index is 2810. The van der Waals surface area contributed by atoms with E-state index in [1.165, 1.54) is 0 Å². The van der Waals surface area contributed by atoms with Crippen LogP contribution in [0.15, 0.2) is 118 Å². The minimum absolute atomic E-state index is 0.0183. The molecule has 0 atom stereocenters. The van der Waals surface area contributed by atoms with Gasteiger partial charge in [0, 0.05) is 59.8 Å². The molecule has 0 amide bonds. The van der Waals surface area contributed by atoms with Gasteiger partial charge in [0.1, 0.15) is 17.3 Å². The molecule has 0 saturated heterocycles. The van der Waals surface area contributed by atoms with Crippen LogP contribution < -0.4 is 0 Å². The second-order valence-electron chi connectivity index (χ2n) is 13.8. The molecule has 3 N–H and O–H groups in total. The van der Waals surface area contributed by atoms with E-state index in [0.29, 0.717) is 39.0 Å². The summed E-state index contributed by atoms with van der Waals surface area (Å²) in [7, 11) is 0. The Morgan fingerprint density at radius 2 is 1.37 bits per heavy atom. The number of aromatic hydroxyl groups is 2. The molecular weight excluding hydrogens is 808 g/mol. The molecule has 8 nitrogen and oxygen atoms in total. The Labute approximate surface area is 327 Å². The van der Waals surface area contributed by atoms with E-state index in [9.17, 15) is 20.1 Å². The number of phenolic OH excluding ortho intramolecular Hbond substituents is 2. The Morgan fingerprint density at radius 3 is 2.15 bits per heavy atom. The molecule has 3 heterocycles. The predicted molar refractivity (Wildman–Crippen MR) is 220 cm³/mol. The van der Waals surface area contributed by atoms with Crippen LogP contribution in [-0.2, 0) is 0 Å². The molecule has 266 valence electrons. The summed E-state index contributed by atoms with van der Waals surface area (Å²) in [5, 5.41) is 34.6. The zero-order chi connectivity index (χ0) is 37.1. The number of carboxylic acids is 1. The molecule has 9 rings (SSSR count). The Morgan fingerprint density at radius 1 is 0.685 bits per heavy atom. The van der Waals surface area contributed by atoms with E-state index >= 15 is 0 Å². The number of halogens is 2. The van der Waals surface area contributed by atoms with E-state index in [-0.39, 0.29) is 23.1 Å². The smallest absolute Gasteiger partial charge is 0.337 e. The Hall–Kier alpha value is -5.58. The lowest BCUT2D eigenvalue weighted by molar-refractivity contribution is 0.0698. The maximum absolute atomic E-state index is 13.5. The van der Waals surface area contributed by atoms with Gasteiger partial charge in [0.05, 0.1) is 33.3 Å². The van der Waals surface area contributed by atoms with E-state index in [1.54, 1.807) is 36.5 Å². The van der Waals surface area contributed by atoms with Crippen LogP contribution in [0.2, 0.25) is 0 Å². The summed E-state index contributed by atoms with van der Waals surface area (Å²) in [6, 6.07) is 32.0. The van der Waals surface area contributed by atoms with Crippen molar-refractivity contribution in [2.24, 2.45) is 0 Å². The number of pyridine rings is 2.